The van der Waals surface area contributed by atoms with Gasteiger partial charge in [-0.05, 0) is 69.5 Å². The number of methoxy groups -OCH3 is 1. The maximum Gasteiger partial charge on any atom is 0.373 e. The Hall–Kier alpha value is -4.58. The fourth-order valence-corrected chi connectivity index (χ4v) is 6.10. The van der Waals surface area contributed by atoms with Gasteiger partial charge in [0.05, 0.1) is 24.2 Å². The number of para-hydroxylation sites is 1. The molecule has 13 heteroatoms. The molecule has 0 radical (unpaired) electrons. The predicted molar refractivity (Wildman–Crippen MR) is 181 cm³/mol. The number of rotatable bonds is 15. The van der Waals surface area contributed by atoms with Crippen molar-refractivity contribution in [2.75, 3.05) is 58.8 Å². The van der Waals surface area contributed by atoms with Crippen molar-refractivity contribution in [3.8, 4) is 5.75 Å². The first-order chi connectivity index (χ1) is 23.4. The number of hydrogen-bond donors (Lipinski definition) is 2. The lowest BCUT2D eigenvalue weighted by atomic mass is 10.1. The third-order valence-electron chi connectivity index (χ3n) is 8.39. The van der Waals surface area contributed by atoms with Crippen LogP contribution in [0.1, 0.15) is 50.4 Å². The Bertz CT molecular complexity index is 1670. The van der Waals surface area contributed by atoms with Crippen molar-refractivity contribution in [2.24, 2.45) is 0 Å². The molecule has 2 amide bonds. The highest BCUT2D eigenvalue weighted by molar-refractivity contribution is 6.06. The molecule has 0 atom stereocenters. The van der Waals surface area contributed by atoms with E-state index in [2.05, 4.69) is 25.8 Å². The van der Waals surface area contributed by atoms with Crippen LogP contribution in [-0.4, -0.2) is 89.6 Å². The molecule has 0 aliphatic carbocycles. The van der Waals surface area contributed by atoms with E-state index in [-0.39, 0.29) is 17.9 Å². The Balaban J connectivity index is 0.00000167. The monoisotopic (exact) mass is 663 g/mol. The van der Waals surface area contributed by atoms with Crippen molar-refractivity contribution in [1.82, 2.24) is 29.7 Å². The highest BCUT2D eigenvalue weighted by atomic mass is 19.1. The summed E-state index contributed by atoms with van der Waals surface area (Å²) in [5.74, 6) is 1.12. The molecule has 2 aromatic heterocycles. The highest BCUT2D eigenvalue weighted by Gasteiger charge is 2.19. The lowest BCUT2D eigenvalue weighted by Crippen LogP contribution is -2.44. The van der Waals surface area contributed by atoms with Gasteiger partial charge in [-0.3, -0.25) is 0 Å². The average molecular weight is 664 g/mol. The lowest BCUT2D eigenvalue weighted by molar-refractivity contribution is -0.191. The molecule has 5 rings (SSSR count). The molecule has 1 aliphatic rings. The first-order valence-corrected chi connectivity index (χ1v) is 16.6. The van der Waals surface area contributed by atoms with Crippen molar-refractivity contribution < 1.29 is 28.2 Å². The number of ether oxygens (including phenoxy) is 2. The lowest BCUT2D eigenvalue weighted by Gasteiger charge is -2.28. The van der Waals surface area contributed by atoms with Gasteiger partial charge in [-0.1, -0.05) is 30.7 Å². The minimum absolute atomic E-state index is 0.118. The van der Waals surface area contributed by atoms with Crippen LogP contribution in [0.25, 0.3) is 21.9 Å². The van der Waals surface area contributed by atoms with Gasteiger partial charge in [-0.2, -0.15) is 9.59 Å². The number of carbonyl (C=O) groups is 1. The molecule has 1 aliphatic heterocycles. The molecular weight excluding hydrogens is 617 g/mol. The van der Waals surface area contributed by atoms with Gasteiger partial charge in [0.25, 0.3) is 0 Å². The normalized spacial score (nSPS) is 13.1. The molecule has 258 valence electrons. The number of aromatic nitrogens is 3. The van der Waals surface area contributed by atoms with Crippen molar-refractivity contribution in [1.29, 1.82) is 0 Å². The zero-order chi connectivity index (χ0) is 34.3. The number of nitrogen functional groups attached to an aromatic ring is 1. The van der Waals surface area contributed by atoms with Gasteiger partial charge < -0.3 is 34.9 Å². The number of nitrogens with zero attached hydrogens (tertiary/aromatic N) is 5. The summed E-state index contributed by atoms with van der Waals surface area (Å²) in [5.41, 5.74) is 9.69. The molecule has 3 heterocycles. The number of pyridine rings is 1. The molecule has 0 spiro atoms. The number of halogens is 1. The number of nitrogens with two attached hydrogens (primary N) is 1. The number of benzene rings is 2. The summed E-state index contributed by atoms with van der Waals surface area (Å²) >= 11 is 0. The number of anilines is 1. The quantitative estimate of drug-likeness (QED) is 0.172. The molecule has 1 fully saturated rings. The smallest absolute Gasteiger partial charge is 0.373 e. The summed E-state index contributed by atoms with van der Waals surface area (Å²) in [6.45, 7) is 7.95. The van der Waals surface area contributed by atoms with Gasteiger partial charge in [0.1, 0.15) is 11.3 Å². The van der Waals surface area contributed by atoms with Gasteiger partial charge in [0, 0.05) is 51.6 Å². The van der Waals surface area contributed by atoms with Gasteiger partial charge in [-0.25, -0.2) is 19.2 Å². The minimum Gasteiger partial charge on any atom is -0.491 e. The van der Waals surface area contributed by atoms with E-state index in [1.807, 2.05) is 30.0 Å². The SMILES string of the molecule is CCOc1cc(CN(CCCCn2c(CCOC)nc3c(N)nc4ccccc4c32)C(=O)NCCN2CCCCC2)ccc1F.O=C=O. The largest absolute Gasteiger partial charge is 0.491 e. The number of likely N-dealkylation sites (tertiary alicyclic amines) is 1. The number of unbranched alkanes of at least 4 members (excludes halogenated alkanes) is 1. The van der Waals surface area contributed by atoms with Crippen LogP contribution in [0.4, 0.5) is 15.0 Å². The number of carbonyl (C=O) groups excluding carboxylic acids is 3. The second-order valence-electron chi connectivity index (χ2n) is 11.7. The summed E-state index contributed by atoms with van der Waals surface area (Å²) in [4.78, 5) is 43.4. The molecule has 12 nitrogen and oxygen atoms in total. The fraction of sp³-hybridized carbons (Fsp3) is 0.486. The van der Waals surface area contributed by atoms with Crippen molar-refractivity contribution in [2.45, 2.75) is 58.5 Å². The van der Waals surface area contributed by atoms with E-state index in [1.54, 1.807) is 19.2 Å². The van der Waals surface area contributed by atoms with Gasteiger partial charge in [0.15, 0.2) is 17.4 Å². The fourth-order valence-electron chi connectivity index (χ4n) is 6.10. The van der Waals surface area contributed by atoms with E-state index in [4.69, 9.17) is 29.8 Å². The molecule has 1 saturated heterocycles. The van der Waals surface area contributed by atoms with Crippen molar-refractivity contribution >= 4 is 39.9 Å². The van der Waals surface area contributed by atoms with Gasteiger partial charge >= 0.3 is 12.2 Å². The summed E-state index contributed by atoms with van der Waals surface area (Å²) in [5, 5.41) is 4.14. The summed E-state index contributed by atoms with van der Waals surface area (Å²) < 4.78 is 27.3. The number of fused-ring (bicyclic) bond motifs is 3. The Morgan fingerprint density at radius 1 is 1.08 bits per heavy atom. The van der Waals surface area contributed by atoms with E-state index >= 15 is 0 Å². The number of aryl methyl sites for hydroxylation is 1. The van der Waals surface area contributed by atoms with E-state index in [0.717, 1.165) is 60.3 Å². The maximum absolute atomic E-state index is 14.3. The third kappa shape index (κ3) is 9.72. The summed E-state index contributed by atoms with van der Waals surface area (Å²) in [7, 11) is 1.68. The Kier molecular flexibility index (Phi) is 14.1. The summed E-state index contributed by atoms with van der Waals surface area (Å²) in [6, 6.07) is 12.7. The second kappa shape index (κ2) is 18.7. The van der Waals surface area contributed by atoms with Crippen LogP contribution in [0.5, 0.6) is 5.75 Å². The maximum atomic E-state index is 14.3. The first-order valence-electron chi connectivity index (χ1n) is 16.6. The molecule has 2 aromatic carbocycles. The zero-order valence-electron chi connectivity index (χ0n) is 27.9. The van der Waals surface area contributed by atoms with Crippen molar-refractivity contribution in [3.63, 3.8) is 0 Å². The standard InChI is InChI=1S/C34H46FN7O3.CO2/c1-3-45-29-23-25(13-14-27(29)35)24-41(34(43)37-16-21-40-17-7-4-8-18-40)19-9-10-20-42-30(15-22-44-2)39-31-32(42)26-11-5-6-12-28(26)38-33(31)36;2-1-3/h5-6,11-14,23H,3-4,7-10,15-22,24H2,1-2H3,(H2,36,38)(H,37,43);. The minimum atomic E-state index is -0.404. The number of piperidine rings is 1. The number of imidazole rings is 1. The number of amides is 2. The van der Waals surface area contributed by atoms with E-state index in [9.17, 15) is 9.18 Å². The van der Waals surface area contributed by atoms with E-state index in [0.29, 0.717) is 57.1 Å². The summed E-state index contributed by atoms with van der Waals surface area (Å²) in [6.07, 6.45) is 6.18. The van der Waals surface area contributed by atoms with E-state index < -0.39 is 5.82 Å². The van der Waals surface area contributed by atoms with Gasteiger partial charge in [0.2, 0.25) is 0 Å². The van der Waals surface area contributed by atoms with Crippen LogP contribution in [0.15, 0.2) is 42.5 Å². The zero-order valence-corrected chi connectivity index (χ0v) is 27.9. The van der Waals surface area contributed by atoms with Crippen LogP contribution >= 0.6 is 0 Å². The number of nitrogens with one attached hydrogen (secondary N) is 1. The molecule has 48 heavy (non-hydrogen) atoms. The van der Waals surface area contributed by atoms with Crippen molar-refractivity contribution in [3.05, 3.63) is 59.7 Å². The van der Waals surface area contributed by atoms with Crippen LogP contribution in [0.3, 0.4) is 0 Å². The number of hydrogen-bond acceptors (Lipinski definition) is 9. The topological polar surface area (TPSA) is 145 Å². The predicted octanol–water partition coefficient (Wildman–Crippen LogP) is 4.79. The molecule has 3 N–H and O–H groups in total. The molecule has 0 unspecified atom stereocenters. The van der Waals surface area contributed by atoms with Crippen LogP contribution < -0.4 is 15.8 Å². The van der Waals surface area contributed by atoms with Crippen LogP contribution in [0.2, 0.25) is 0 Å². The Morgan fingerprint density at radius 3 is 2.60 bits per heavy atom. The Morgan fingerprint density at radius 2 is 1.85 bits per heavy atom. The molecule has 4 aromatic rings. The first kappa shape index (κ1) is 36.3. The van der Waals surface area contributed by atoms with Crippen LogP contribution in [-0.2, 0) is 33.8 Å². The highest BCUT2D eigenvalue weighted by Crippen LogP contribution is 2.29. The second-order valence-corrected chi connectivity index (χ2v) is 11.7. The van der Waals surface area contributed by atoms with Crippen LogP contribution in [0, 0.1) is 5.82 Å². The molecular formula is C35H46FN7O5. The van der Waals surface area contributed by atoms with Gasteiger partial charge in [-0.15, -0.1) is 0 Å². The molecule has 0 saturated carbocycles. The van der Waals surface area contributed by atoms with E-state index in [1.165, 1.54) is 25.3 Å². The average Bonchev–Trinajstić information content (AvgIpc) is 3.46. The number of urea groups is 1. The third-order valence-corrected chi connectivity index (χ3v) is 8.39. The Labute approximate surface area is 280 Å². The molecule has 0 bridgehead atoms.